The van der Waals surface area contributed by atoms with Crippen LogP contribution < -0.4 is 0 Å². The van der Waals surface area contributed by atoms with E-state index in [-0.39, 0.29) is 17.3 Å². The molecule has 3 rings (SSSR count). The van der Waals surface area contributed by atoms with Crippen LogP contribution in [-0.2, 0) is 9.53 Å². The number of rotatable bonds is 1. The number of esters is 1. The monoisotopic (exact) mass is 346 g/mol. The van der Waals surface area contributed by atoms with Gasteiger partial charge in [0.25, 0.3) is 0 Å². The van der Waals surface area contributed by atoms with Gasteiger partial charge < -0.3 is 9.84 Å². The summed E-state index contributed by atoms with van der Waals surface area (Å²) in [5.41, 5.74) is 3.59. The number of fused-ring (bicyclic) bond motifs is 9. The molecule has 0 heterocycles. The smallest absolute Gasteiger partial charge is 0.303 e. The van der Waals surface area contributed by atoms with Crippen molar-refractivity contribution >= 4 is 5.97 Å². The highest BCUT2D eigenvalue weighted by Crippen LogP contribution is 2.47. The summed E-state index contributed by atoms with van der Waals surface area (Å²) >= 11 is 0. The molecule has 25 heavy (non-hydrogen) atoms. The molecule has 0 spiro atoms. The van der Waals surface area contributed by atoms with Crippen LogP contribution in [0.5, 0.6) is 0 Å². The fourth-order valence-electron chi connectivity index (χ4n) is 4.33. The number of carbonyl (C=O) groups excluding carboxylic acids is 1. The van der Waals surface area contributed by atoms with Crippen LogP contribution in [0.15, 0.2) is 35.5 Å². The first-order chi connectivity index (χ1) is 11.7. The van der Waals surface area contributed by atoms with Crippen molar-refractivity contribution in [3.05, 3.63) is 35.5 Å². The number of allylic oxidation sites excluding steroid dienone is 4. The largest absolute Gasteiger partial charge is 0.459 e. The van der Waals surface area contributed by atoms with Crippen molar-refractivity contribution in [3.8, 4) is 0 Å². The summed E-state index contributed by atoms with van der Waals surface area (Å²) in [5, 5.41) is 11.1. The second kappa shape index (κ2) is 8.35. The van der Waals surface area contributed by atoms with E-state index in [4.69, 9.17) is 4.74 Å². The molecule has 1 saturated carbocycles. The van der Waals surface area contributed by atoms with Gasteiger partial charge in [0.1, 0.15) is 6.10 Å². The van der Waals surface area contributed by atoms with Crippen molar-refractivity contribution in [1.82, 2.24) is 0 Å². The van der Waals surface area contributed by atoms with E-state index >= 15 is 0 Å². The molecule has 1 fully saturated rings. The minimum absolute atomic E-state index is 0.0375. The number of aliphatic hydroxyl groups excluding tert-OH is 1. The lowest BCUT2D eigenvalue weighted by molar-refractivity contribution is -0.168. The molecule has 0 amide bonds. The fourth-order valence-corrected chi connectivity index (χ4v) is 4.33. The third-order valence-electron chi connectivity index (χ3n) is 5.97. The van der Waals surface area contributed by atoms with E-state index in [0.29, 0.717) is 0 Å². The third kappa shape index (κ3) is 5.07. The SMILES string of the molecule is C=C1C[C@]2(C)CC/C=C(/C)CC/C=C(/C)CC[C@@H]1[C@@H](OC(C)=O)[C@@H]2O. The van der Waals surface area contributed by atoms with E-state index in [0.717, 1.165) is 50.5 Å². The number of hydrogen-bond donors (Lipinski definition) is 1. The van der Waals surface area contributed by atoms with Gasteiger partial charge in [-0.2, -0.15) is 0 Å². The molecule has 3 aliphatic carbocycles. The van der Waals surface area contributed by atoms with Crippen LogP contribution in [0.3, 0.4) is 0 Å². The molecular weight excluding hydrogens is 312 g/mol. The van der Waals surface area contributed by atoms with Crippen molar-refractivity contribution in [2.75, 3.05) is 0 Å². The molecule has 140 valence electrons. The van der Waals surface area contributed by atoms with E-state index in [2.05, 4.69) is 39.5 Å². The standard InChI is InChI=1S/C22H34O3/c1-15-8-6-9-16(2)11-12-19-17(3)14-22(5,13-7-10-15)21(24)20(19)25-18(4)23/h9-10,19-21,24H,3,6-8,11-14H2,1-2,4-5H3/b15-10-,16-9-/t19-,20+,21-,22-/m0/s1. The lowest BCUT2D eigenvalue weighted by atomic mass is 9.63. The normalized spacial score (nSPS) is 38.9. The first kappa shape index (κ1) is 20.0. The van der Waals surface area contributed by atoms with Crippen molar-refractivity contribution < 1.29 is 14.6 Å². The molecule has 3 nitrogen and oxygen atoms in total. The van der Waals surface area contributed by atoms with Crippen LogP contribution >= 0.6 is 0 Å². The molecule has 4 atom stereocenters. The molecular formula is C22H34O3. The van der Waals surface area contributed by atoms with Crippen LogP contribution in [0.2, 0.25) is 0 Å². The number of hydrogen-bond acceptors (Lipinski definition) is 3. The van der Waals surface area contributed by atoms with E-state index in [1.807, 2.05) is 0 Å². The Kier molecular flexibility index (Phi) is 6.67. The van der Waals surface area contributed by atoms with Crippen molar-refractivity contribution in [2.24, 2.45) is 11.3 Å². The zero-order valence-corrected chi connectivity index (χ0v) is 16.3. The topological polar surface area (TPSA) is 46.5 Å². The van der Waals surface area contributed by atoms with E-state index < -0.39 is 12.2 Å². The zero-order chi connectivity index (χ0) is 18.6. The van der Waals surface area contributed by atoms with Crippen LogP contribution in [0.1, 0.15) is 72.6 Å². The van der Waals surface area contributed by atoms with Crippen molar-refractivity contribution in [3.63, 3.8) is 0 Å². The Balaban J connectivity index is 2.34. The molecule has 0 aromatic rings. The first-order valence-corrected chi connectivity index (χ1v) is 9.57. The average molecular weight is 347 g/mol. The van der Waals surface area contributed by atoms with Crippen LogP contribution in [0.25, 0.3) is 0 Å². The van der Waals surface area contributed by atoms with Gasteiger partial charge in [-0.1, -0.05) is 42.4 Å². The zero-order valence-electron chi connectivity index (χ0n) is 16.3. The second-order valence-corrected chi connectivity index (χ2v) is 8.33. The van der Waals surface area contributed by atoms with Crippen LogP contribution in [0, 0.1) is 11.3 Å². The highest BCUT2D eigenvalue weighted by atomic mass is 16.6. The highest BCUT2D eigenvalue weighted by molar-refractivity contribution is 5.66. The van der Waals surface area contributed by atoms with Gasteiger partial charge in [0.15, 0.2) is 0 Å². The van der Waals surface area contributed by atoms with Crippen molar-refractivity contribution in [1.29, 1.82) is 0 Å². The molecule has 0 saturated heterocycles. The van der Waals surface area contributed by atoms with Crippen LogP contribution in [-0.4, -0.2) is 23.3 Å². The Morgan fingerprint density at radius 1 is 1.24 bits per heavy atom. The molecule has 0 aromatic heterocycles. The predicted octanol–water partition coefficient (Wildman–Crippen LogP) is 5.11. The summed E-state index contributed by atoms with van der Waals surface area (Å²) in [4.78, 5) is 11.6. The summed E-state index contributed by atoms with van der Waals surface area (Å²) in [6.07, 6.45) is 10.1. The molecule has 0 aromatic carbocycles. The predicted molar refractivity (Wildman–Crippen MR) is 102 cm³/mol. The Labute approximate surface area is 152 Å². The average Bonchev–Trinajstić information content (AvgIpc) is 2.51. The lowest BCUT2D eigenvalue weighted by Gasteiger charge is -2.47. The molecule has 0 aliphatic heterocycles. The summed E-state index contributed by atoms with van der Waals surface area (Å²) in [6.45, 7) is 12.2. The highest BCUT2D eigenvalue weighted by Gasteiger charge is 2.48. The molecule has 3 aliphatic rings. The maximum Gasteiger partial charge on any atom is 0.303 e. The lowest BCUT2D eigenvalue weighted by Crippen LogP contribution is -2.52. The minimum atomic E-state index is -0.646. The third-order valence-corrected chi connectivity index (χ3v) is 5.97. The summed E-state index contributed by atoms with van der Waals surface area (Å²) in [6, 6.07) is 0. The Morgan fingerprint density at radius 3 is 2.56 bits per heavy atom. The second-order valence-electron chi connectivity index (χ2n) is 8.33. The van der Waals surface area contributed by atoms with Gasteiger partial charge in [-0.05, 0) is 58.8 Å². The summed E-state index contributed by atoms with van der Waals surface area (Å²) in [5.74, 6) is -0.286. The van der Waals surface area contributed by atoms with Crippen LogP contribution in [0.4, 0.5) is 0 Å². The van der Waals surface area contributed by atoms with Gasteiger partial charge in [0.05, 0.1) is 6.10 Å². The number of carbonyl (C=O) groups is 1. The molecule has 0 radical (unpaired) electrons. The van der Waals surface area contributed by atoms with Gasteiger partial charge in [0, 0.05) is 18.3 Å². The number of ether oxygens (including phenoxy) is 1. The maximum atomic E-state index is 11.6. The van der Waals surface area contributed by atoms with E-state index in [9.17, 15) is 9.90 Å². The van der Waals surface area contributed by atoms with Gasteiger partial charge in [-0.15, -0.1) is 0 Å². The molecule has 1 N–H and O–H groups in total. The Bertz CT molecular complexity index is 572. The van der Waals surface area contributed by atoms with E-state index in [1.54, 1.807) is 0 Å². The van der Waals surface area contributed by atoms with Gasteiger partial charge >= 0.3 is 5.97 Å². The first-order valence-electron chi connectivity index (χ1n) is 9.57. The maximum absolute atomic E-state index is 11.6. The van der Waals surface area contributed by atoms with Gasteiger partial charge in [0.2, 0.25) is 0 Å². The molecule has 3 heteroatoms. The van der Waals surface area contributed by atoms with Gasteiger partial charge in [-0.3, -0.25) is 4.79 Å². The number of aliphatic hydroxyl groups is 1. The minimum Gasteiger partial charge on any atom is -0.459 e. The summed E-state index contributed by atoms with van der Waals surface area (Å²) < 4.78 is 5.60. The molecule has 2 bridgehead atoms. The van der Waals surface area contributed by atoms with Crippen molar-refractivity contribution in [2.45, 2.75) is 84.8 Å². The Hall–Kier alpha value is -1.35. The Morgan fingerprint density at radius 2 is 1.88 bits per heavy atom. The fraction of sp³-hybridized carbons (Fsp3) is 0.682. The summed E-state index contributed by atoms with van der Waals surface area (Å²) in [7, 11) is 0. The van der Waals surface area contributed by atoms with E-state index in [1.165, 1.54) is 18.1 Å². The quantitative estimate of drug-likeness (QED) is 0.530. The van der Waals surface area contributed by atoms with Gasteiger partial charge in [-0.25, -0.2) is 0 Å². The molecule has 0 unspecified atom stereocenters.